The second-order valence-electron chi connectivity index (χ2n) is 4.26. The zero-order chi connectivity index (χ0) is 15.6. The van der Waals surface area contributed by atoms with Crippen LogP contribution in [-0.2, 0) is 10.0 Å². The average Bonchev–Trinajstić information content (AvgIpc) is 2.93. The second kappa shape index (κ2) is 6.19. The van der Waals surface area contributed by atoms with Crippen molar-refractivity contribution in [3.8, 4) is 0 Å². The first-order chi connectivity index (χ1) is 10.6. The van der Waals surface area contributed by atoms with Gasteiger partial charge in [-0.1, -0.05) is 42.2 Å². The largest absolute Gasteiger partial charge is 0.264 e. The molecule has 0 fully saturated rings. The molecule has 0 atom stereocenters. The molecular formula is C13H12N4O2S3. The van der Waals surface area contributed by atoms with E-state index in [1.54, 1.807) is 30.6 Å². The summed E-state index contributed by atoms with van der Waals surface area (Å²) in [4.78, 5) is 4.21. The van der Waals surface area contributed by atoms with Crippen LogP contribution in [0.4, 0.5) is 5.13 Å². The molecule has 3 aromatic rings. The van der Waals surface area contributed by atoms with Crippen LogP contribution in [0.15, 0.2) is 45.9 Å². The third-order valence-corrected chi connectivity index (χ3v) is 6.21. The van der Waals surface area contributed by atoms with Crippen LogP contribution in [0.3, 0.4) is 0 Å². The van der Waals surface area contributed by atoms with Crippen molar-refractivity contribution in [2.24, 2.45) is 0 Å². The van der Waals surface area contributed by atoms with E-state index >= 15 is 0 Å². The number of anilines is 1. The van der Waals surface area contributed by atoms with Crippen molar-refractivity contribution in [2.75, 3.05) is 10.5 Å². The van der Waals surface area contributed by atoms with E-state index in [2.05, 4.69) is 19.9 Å². The number of sulfonamides is 1. The highest BCUT2D eigenvalue weighted by Gasteiger charge is 2.19. The molecule has 9 heteroatoms. The van der Waals surface area contributed by atoms with Crippen molar-refractivity contribution in [2.45, 2.75) is 16.2 Å². The molecule has 0 amide bonds. The van der Waals surface area contributed by atoms with E-state index < -0.39 is 10.0 Å². The monoisotopic (exact) mass is 352 g/mol. The first-order valence-electron chi connectivity index (χ1n) is 6.42. The van der Waals surface area contributed by atoms with Gasteiger partial charge in [0.05, 0.1) is 4.90 Å². The maximum absolute atomic E-state index is 12.6. The first-order valence-corrected chi connectivity index (χ1v) is 9.70. The minimum Gasteiger partial charge on any atom is -0.264 e. The Morgan fingerprint density at radius 2 is 2.14 bits per heavy atom. The van der Waals surface area contributed by atoms with Gasteiger partial charge in [-0.2, -0.15) is 0 Å². The van der Waals surface area contributed by atoms with E-state index in [4.69, 9.17) is 0 Å². The predicted octanol–water partition coefficient (Wildman–Crippen LogP) is 3.00. The normalized spacial score (nSPS) is 11.7. The summed E-state index contributed by atoms with van der Waals surface area (Å²) in [6.07, 6.45) is 3.21. The summed E-state index contributed by atoms with van der Waals surface area (Å²) in [6.45, 7) is 2.00. The Balaban J connectivity index is 1.97. The Labute approximate surface area is 136 Å². The molecule has 1 N–H and O–H groups in total. The number of rotatable bonds is 5. The van der Waals surface area contributed by atoms with Crippen molar-refractivity contribution in [3.05, 3.63) is 36.7 Å². The zero-order valence-electron chi connectivity index (χ0n) is 11.6. The molecule has 22 heavy (non-hydrogen) atoms. The zero-order valence-corrected chi connectivity index (χ0v) is 14.0. The van der Waals surface area contributed by atoms with Crippen LogP contribution in [0, 0.1) is 0 Å². The number of benzene rings is 1. The summed E-state index contributed by atoms with van der Waals surface area (Å²) in [5.41, 5.74) is 0. The highest BCUT2D eigenvalue weighted by atomic mass is 32.2. The fraction of sp³-hybridized carbons (Fsp3) is 0.154. The van der Waals surface area contributed by atoms with Gasteiger partial charge in [0.15, 0.2) is 4.34 Å². The molecule has 0 aliphatic heterocycles. The molecule has 1 aromatic carbocycles. The predicted molar refractivity (Wildman–Crippen MR) is 88.9 cm³/mol. The number of aromatic nitrogens is 3. The number of hydrogen-bond donors (Lipinski definition) is 1. The van der Waals surface area contributed by atoms with Crippen LogP contribution < -0.4 is 4.72 Å². The lowest BCUT2D eigenvalue weighted by Gasteiger charge is -2.07. The number of nitrogens with zero attached hydrogens (tertiary/aromatic N) is 3. The molecule has 0 spiro atoms. The highest BCUT2D eigenvalue weighted by Crippen LogP contribution is 2.28. The summed E-state index contributed by atoms with van der Waals surface area (Å²) in [5.74, 6) is 0.859. The van der Waals surface area contributed by atoms with Crippen LogP contribution in [0.5, 0.6) is 0 Å². The van der Waals surface area contributed by atoms with Crippen LogP contribution in [0.2, 0.25) is 0 Å². The number of hydrogen-bond acceptors (Lipinski definition) is 7. The molecule has 0 saturated carbocycles. The highest BCUT2D eigenvalue weighted by molar-refractivity contribution is 8.01. The Morgan fingerprint density at radius 3 is 2.95 bits per heavy atom. The molecule has 0 bridgehead atoms. The molecule has 0 aliphatic rings. The van der Waals surface area contributed by atoms with Gasteiger partial charge in [0.25, 0.3) is 10.0 Å². The molecule has 114 valence electrons. The third-order valence-electron chi connectivity index (χ3n) is 2.83. The topological polar surface area (TPSA) is 84.8 Å². The maximum Gasteiger partial charge on any atom is 0.264 e. The third kappa shape index (κ3) is 3.06. The molecule has 2 aromatic heterocycles. The van der Waals surface area contributed by atoms with Gasteiger partial charge in [-0.3, -0.25) is 9.71 Å². The number of nitrogens with one attached hydrogen (secondary N) is 1. The van der Waals surface area contributed by atoms with Crippen LogP contribution >= 0.6 is 23.1 Å². The maximum atomic E-state index is 12.6. The van der Waals surface area contributed by atoms with Gasteiger partial charge in [-0.05, 0) is 17.9 Å². The van der Waals surface area contributed by atoms with Gasteiger partial charge in [-0.25, -0.2) is 8.42 Å². The Morgan fingerprint density at radius 1 is 1.27 bits per heavy atom. The first kappa shape index (κ1) is 15.2. The Bertz CT molecular complexity index is 903. The van der Waals surface area contributed by atoms with Crippen molar-refractivity contribution in [1.82, 2.24) is 15.2 Å². The number of pyridine rings is 1. The molecule has 6 nitrogen and oxygen atoms in total. The minimum atomic E-state index is -3.72. The molecule has 2 heterocycles. The standard InChI is InChI=1S/C13H12N4O2S3/c1-2-20-13-16-15-12(21-13)17-22(18,19)11-5-3-4-9-8-14-7-6-10(9)11/h3-8H,2H2,1H3,(H,15,17). The molecule has 0 saturated heterocycles. The van der Waals surface area contributed by atoms with E-state index in [0.29, 0.717) is 5.39 Å². The van der Waals surface area contributed by atoms with Crippen molar-refractivity contribution in [3.63, 3.8) is 0 Å². The Kier molecular flexibility index (Phi) is 4.27. The second-order valence-corrected chi connectivity index (χ2v) is 8.40. The lowest BCUT2D eigenvalue weighted by Crippen LogP contribution is -2.13. The average molecular weight is 352 g/mol. The quantitative estimate of drug-likeness (QED) is 0.711. The van der Waals surface area contributed by atoms with E-state index in [1.807, 2.05) is 13.0 Å². The molecule has 0 unspecified atom stereocenters. The van der Waals surface area contributed by atoms with E-state index in [9.17, 15) is 8.42 Å². The minimum absolute atomic E-state index is 0.201. The van der Waals surface area contributed by atoms with Gasteiger partial charge in [0.2, 0.25) is 5.13 Å². The molecule has 0 aliphatic carbocycles. The van der Waals surface area contributed by atoms with Crippen LogP contribution in [0.25, 0.3) is 10.8 Å². The summed E-state index contributed by atoms with van der Waals surface area (Å²) < 4.78 is 28.4. The van der Waals surface area contributed by atoms with Crippen LogP contribution in [-0.4, -0.2) is 29.4 Å². The van der Waals surface area contributed by atoms with Gasteiger partial charge in [-0.15, -0.1) is 10.2 Å². The lowest BCUT2D eigenvalue weighted by molar-refractivity contribution is 0.602. The Hall–Kier alpha value is -1.71. The number of thioether (sulfide) groups is 1. The van der Waals surface area contributed by atoms with Crippen molar-refractivity contribution < 1.29 is 8.42 Å². The SMILES string of the molecule is CCSc1nnc(NS(=O)(=O)c2cccc3cnccc23)s1. The lowest BCUT2D eigenvalue weighted by atomic mass is 10.2. The van der Waals surface area contributed by atoms with E-state index in [1.165, 1.54) is 23.1 Å². The smallest absolute Gasteiger partial charge is 0.264 e. The van der Waals surface area contributed by atoms with Crippen LogP contribution in [0.1, 0.15) is 6.92 Å². The molecule has 3 rings (SSSR count). The van der Waals surface area contributed by atoms with Gasteiger partial charge in [0.1, 0.15) is 0 Å². The van der Waals surface area contributed by atoms with Gasteiger partial charge < -0.3 is 0 Å². The summed E-state index contributed by atoms with van der Waals surface area (Å²) in [5, 5.41) is 9.47. The van der Waals surface area contributed by atoms with Gasteiger partial charge >= 0.3 is 0 Å². The van der Waals surface area contributed by atoms with Crippen molar-refractivity contribution in [1.29, 1.82) is 0 Å². The fourth-order valence-electron chi connectivity index (χ4n) is 1.93. The summed E-state index contributed by atoms with van der Waals surface area (Å²) >= 11 is 2.74. The number of fused-ring (bicyclic) bond motifs is 1. The van der Waals surface area contributed by atoms with Crippen molar-refractivity contribution >= 4 is 49.0 Å². The summed E-state index contributed by atoms with van der Waals surface area (Å²) in [6, 6.07) is 6.76. The fourth-order valence-corrected chi connectivity index (χ4v) is 5.04. The molecule has 0 radical (unpaired) electrons. The van der Waals surface area contributed by atoms with E-state index in [0.717, 1.165) is 15.5 Å². The van der Waals surface area contributed by atoms with E-state index in [-0.39, 0.29) is 10.0 Å². The van der Waals surface area contributed by atoms with Gasteiger partial charge in [0, 0.05) is 23.2 Å². The molecular weight excluding hydrogens is 340 g/mol. The summed E-state index contributed by atoms with van der Waals surface area (Å²) in [7, 11) is -3.72.